The third kappa shape index (κ3) is 4.98. The topological polar surface area (TPSA) is 72.3 Å². The number of rotatable bonds is 6. The van der Waals surface area contributed by atoms with Crippen LogP contribution in [-0.2, 0) is 6.54 Å². The van der Waals surface area contributed by atoms with Gasteiger partial charge in [0.15, 0.2) is 5.69 Å². The molecule has 1 aromatic heterocycles. The van der Waals surface area contributed by atoms with E-state index in [2.05, 4.69) is 15.6 Å². The highest BCUT2D eigenvalue weighted by Gasteiger charge is 2.23. The van der Waals surface area contributed by atoms with Crippen molar-refractivity contribution >= 4 is 24.0 Å². The summed E-state index contributed by atoms with van der Waals surface area (Å²) < 4.78 is 7.08. The van der Waals surface area contributed by atoms with Gasteiger partial charge in [-0.3, -0.25) is 4.79 Å². The van der Waals surface area contributed by atoms with Crippen molar-refractivity contribution < 1.29 is 9.53 Å². The molecule has 1 saturated heterocycles. The molecule has 158 valence electrons. The molecule has 1 N–H and O–H groups in total. The van der Waals surface area contributed by atoms with Crippen molar-refractivity contribution in [3.05, 3.63) is 72.1 Å². The smallest absolute Gasteiger partial charge is 0.280 e. The Morgan fingerprint density at radius 2 is 1.83 bits per heavy atom. The number of nitrogens with zero attached hydrogens (tertiary/aromatic N) is 4. The highest BCUT2D eigenvalue weighted by molar-refractivity contribution is 6.04. The Labute approximate surface area is 182 Å². The molecule has 4 rings (SSSR count). The van der Waals surface area contributed by atoms with Crippen LogP contribution in [0.3, 0.4) is 0 Å². The van der Waals surface area contributed by atoms with Crippen LogP contribution >= 0.6 is 12.4 Å². The minimum Gasteiger partial charge on any atom is -0.497 e. The van der Waals surface area contributed by atoms with E-state index in [1.54, 1.807) is 18.2 Å². The number of halogens is 1. The highest BCUT2D eigenvalue weighted by atomic mass is 35.5. The van der Waals surface area contributed by atoms with Crippen molar-refractivity contribution in [1.29, 1.82) is 0 Å². The zero-order valence-electron chi connectivity index (χ0n) is 16.9. The number of ether oxygens (including phenoxy) is 1. The zero-order chi connectivity index (χ0) is 20.1. The maximum atomic E-state index is 13.4. The maximum Gasteiger partial charge on any atom is 0.280 e. The van der Waals surface area contributed by atoms with Crippen LogP contribution in [0.25, 0.3) is 0 Å². The molecule has 7 nitrogen and oxygen atoms in total. The van der Waals surface area contributed by atoms with Gasteiger partial charge in [0.2, 0.25) is 0 Å². The standard InChI is InChI=1S/C22H25N5O2.ClH/c1-29-20-9-7-18(8-10-20)26(15-17-5-3-2-4-6-17)22(28)21-16-27(25-24-21)19-11-13-23-14-12-19;/h2-10,16,19,23H,11-15H2,1H3;1H. The Morgan fingerprint density at radius 1 is 1.13 bits per heavy atom. The van der Waals surface area contributed by atoms with E-state index in [-0.39, 0.29) is 24.4 Å². The van der Waals surface area contributed by atoms with Crippen molar-refractivity contribution in [1.82, 2.24) is 20.3 Å². The number of piperidine rings is 1. The number of carbonyl (C=O) groups is 1. The van der Waals surface area contributed by atoms with Crippen molar-refractivity contribution in [2.45, 2.75) is 25.4 Å². The van der Waals surface area contributed by atoms with E-state index in [0.29, 0.717) is 12.2 Å². The van der Waals surface area contributed by atoms with Gasteiger partial charge < -0.3 is 15.0 Å². The Morgan fingerprint density at radius 3 is 2.50 bits per heavy atom. The van der Waals surface area contributed by atoms with E-state index in [9.17, 15) is 4.79 Å². The lowest BCUT2D eigenvalue weighted by Crippen LogP contribution is -2.31. The number of amides is 1. The van der Waals surface area contributed by atoms with Gasteiger partial charge in [0.25, 0.3) is 5.91 Å². The molecule has 30 heavy (non-hydrogen) atoms. The number of anilines is 1. The average Bonchev–Trinajstić information content (AvgIpc) is 3.29. The number of aromatic nitrogens is 3. The first kappa shape index (κ1) is 21.8. The van der Waals surface area contributed by atoms with Crippen LogP contribution in [0.5, 0.6) is 5.75 Å². The third-order valence-electron chi connectivity index (χ3n) is 5.22. The van der Waals surface area contributed by atoms with Crippen molar-refractivity contribution in [2.24, 2.45) is 0 Å². The lowest BCUT2D eigenvalue weighted by molar-refractivity contribution is 0.0980. The molecule has 1 aliphatic heterocycles. The minimum absolute atomic E-state index is 0. The van der Waals surface area contributed by atoms with Crippen LogP contribution in [0.4, 0.5) is 5.69 Å². The summed E-state index contributed by atoms with van der Waals surface area (Å²) in [4.78, 5) is 15.1. The molecule has 1 amide bonds. The largest absolute Gasteiger partial charge is 0.497 e. The molecule has 8 heteroatoms. The predicted octanol–water partition coefficient (Wildman–Crippen LogP) is 3.48. The van der Waals surface area contributed by atoms with Gasteiger partial charge in [-0.2, -0.15) is 0 Å². The summed E-state index contributed by atoms with van der Waals surface area (Å²) in [7, 11) is 1.63. The zero-order valence-corrected chi connectivity index (χ0v) is 17.7. The molecule has 0 aliphatic carbocycles. The second-order valence-electron chi connectivity index (χ2n) is 7.14. The second-order valence-corrected chi connectivity index (χ2v) is 7.14. The van der Waals surface area contributed by atoms with Crippen LogP contribution in [0, 0.1) is 0 Å². The fourth-order valence-electron chi connectivity index (χ4n) is 3.57. The molecule has 0 saturated carbocycles. The van der Waals surface area contributed by atoms with Crippen LogP contribution < -0.4 is 15.0 Å². The van der Waals surface area contributed by atoms with E-state index in [1.807, 2.05) is 59.3 Å². The van der Waals surface area contributed by atoms with E-state index >= 15 is 0 Å². The summed E-state index contributed by atoms with van der Waals surface area (Å²) in [6.45, 7) is 2.37. The normalized spacial score (nSPS) is 14.0. The van der Waals surface area contributed by atoms with Gasteiger partial charge in [0, 0.05) is 5.69 Å². The SMILES string of the molecule is COc1ccc(N(Cc2ccccc2)C(=O)c2cn(C3CCNCC3)nn2)cc1.Cl. The Kier molecular flexibility index (Phi) is 7.43. The van der Waals surface area contributed by atoms with Crippen LogP contribution in [0.1, 0.15) is 34.9 Å². The Bertz CT molecular complexity index is 940. The van der Waals surface area contributed by atoms with Gasteiger partial charge in [-0.15, -0.1) is 17.5 Å². The van der Waals surface area contributed by atoms with Gasteiger partial charge in [-0.1, -0.05) is 35.5 Å². The molecule has 0 radical (unpaired) electrons. The quantitative estimate of drug-likeness (QED) is 0.652. The monoisotopic (exact) mass is 427 g/mol. The average molecular weight is 428 g/mol. The first-order chi connectivity index (χ1) is 14.2. The number of carbonyl (C=O) groups excluding carboxylic acids is 1. The summed E-state index contributed by atoms with van der Waals surface area (Å²) in [6, 6.07) is 17.7. The lowest BCUT2D eigenvalue weighted by Gasteiger charge is -2.23. The molecule has 0 bridgehead atoms. The van der Waals surface area contributed by atoms with Crippen molar-refractivity contribution in [3.8, 4) is 5.75 Å². The summed E-state index contributed by atoms with van der Waals surface area (Å²) in [5.41, 5.74) is 2.19. The van der Waals surface area contributed by atoms with Crippen molar-refractivity contribution in [3.63, 3.8) is 0 Å². The van der Waals surface area contributed by atoms with E-state index < -0.39 is 0 Å². The van der Waals surface area contributed by atoms with E-state index in [0.717, 1.165) is 42.9 Å². The first-order valence-electron chi connectivity index (χ1n) is 9.87. The maximum absolute atomic E-state index is 13.4. The van der Waals surface area contributed by atoms with Crippen LogP contribution in [-0.4, -0.2) is 41.1 Å². The molecule has 1 fully saturated rings. The molecule has 0 unspecified atom stereocenters. The van der Waals surface area contributed by atoms with Crippen LogP contribution in [0.15, 0.2) is 60.8 Å². The molecule has 0 atom stereocenters. The molecule has 2 aromatic carbocycles. The molecular weight excluding hydrogens is 402 g/mol. The first-order valence-corrected chi connectivity index (χ1v) is 9.87. The van der Waals surface area contributed by atoms with E-state index in [4.69, 9.17) is 4.74 Å². The fraction of sp³-hybridized carbons (Fsp3) is 0.318. The number of hydrogen-bond acceptors (Lipinski definition) is 5. The summed E-state index contributed by atoms with van der Waals surface area (Å²) >= 11 is 0. The number of methoxy groups -OCH3 is 1. The predicted molar refractivity (Wildman–Crippen MR) is 118 cm³/mol. The number of nitrogens with one attached hydrogen (secondary N) is 1. The van der Waals surface area contributed by atoms with Gasteiger partial charge >= 0.3 is 0 Å². The summed E-state index contributed by atoms with van der Waals surface area (Å²) in [5, 5.41) is 11.8. The van der Waals surface area contributed by atoms with Gasteiger partial charge in [0.05, 0.1) is 25.9 Å². The molecule has 0 spiro atoms. The molecular formula is C22H26ClN5O2. The Hall–Kier alpha value is -2.90. The molecule has 1 aliphatic rings. The molecule has 2 heterocycles. The second kappa shape index (κ2) is 10.2. The summed E-state index contributed by atoms with van der Waals surface area (Å²) in [6.07, 6.45) is 3.76. The summed E-state index contributed by atoms with van der Waals surface area (Å²) in [5.74, 6) is 0.580. The van der Waals surface area contributed by atoms with Gasteiger partial charge in [-0.05, 0) is 55.8 Å². The minimum atomic E-state index is -0.167. The number of hydrogen-bond donors (Lipinski definition) is 1. The van der Waals surface area contributed by atoms with Gasteiger partial charge in [0.1, 0.15) is 5.75 Å². The van der Waals surface area contributed by atoms with Crippen LogP contribution in [0.2, 0.25) is 0 Å². The third-order valence-corrected chi connectivity index (χ3v) is 5.22. The lowest BCUT2D eigenvalue weighted by atomic mass is 10.1. The Balaban J connectivity index is 0.00000256. The highest BCUT2D eigenvalue weighted by Crippen LogP contribution is 2.24. The number of benzene rings is 2. The molecule has 3 aromatic rings. The fourth-order valence-corrected chi connectivity index (χ4v) is 3.57. The van der Waals surface area contributed by atoms with Crippen molar-refractivity contribution in [2.75, 3.05) is 25.1 Å². The van der Waals surface area contributed by atoms with E-state index in [1.165, 1.54) is 0 Å². The van der Waals surface area contributed by atoms with Gasteiger partial charge in [-0.25, -0.2) is 4.68 Å².